The predicted octanol–water partition coefficient (Wildman–Crippen LogP) is 1.74. The molecule has 0 unspecified atom stereocenters. The molecule has 1 amide bonds. The Hall–Kier alpha value is -1.55. The zero-order valence-corrected chi connectivity index (χ0v) is 12.2. The molecule has 1 heterocycles. The van der Waals surface area contributed by atoms with Gasteiger partial charge in [0, 0.05) is 32.0 Å². The highest BCUT2D eigenvalue weighted by molar-refractivity contribution is 5.76. The second-order valence-corrected chi connectivity index (χ2v) is 5.32. The zero-order valence-electron chi connectivity index (χ0n) is 12.2. The molecule has 20 heavy (non-hydrogen) atoms. The number of carbonyl (C=O) groups is 1. The molecule has 0 spiro atoms. The van der Waals surface area contributed by atoms with E-state index in [0.29, 0.717) is 12.3 Å². The molecule has 0 aromatic heterocycles. The van der Waals surface area contributed by atoms with Gasteiger partial charge in [0.25, 0.3) is 0 Å². The van der Waals surface area contributed by atoms with E-state index >= 15 is 0 Å². The highest BCUT2D eigenvalue weighted by Gasteiger charge is 2.16. The zero-order chi connectivity index (χ0) is 14.2. The van der Waals surface area contributed by atoms with E-state index < -0.39 is 0 Å². The van der Waals surface area contributed by atoms with Gasteiger partial charge in [-0.1, -0.05) is 19.1 Å². The average Bonchev–Trinajstić information content (AvgIpc) is 2.42. The van der Waals surface area contributed by atoms with E-state index in [-0.39, 0.29) is 5.91 Å². The van der Waals surface area contributed by atoms with Crippen LogP contribution in [0.4, 0.5) is 0 Å². The lowest BCUT2D eigenvalue weighted by Crippen LogP contribution is -2.48. The van der Waals surface area contributed by atoms with Gasteiger partial charge < -0.3 is 15.4 Å². The molecule has 110 valence electrons. The summed E-state index contributed by atoms with van der Waals surface area (Å²) in [5.41, 5.74) is 1.18. The van der Waals surface area contributed by atoms with Crippen LogP contribution in [0.5, 0.6) is 5.75 Å². The third-order valence-corrected chi connectivity index (χ3v) is 3.49. The van der Waals surface area contributed by atoms with E-state index in [1.54, 1.807) is 0 Å². The summed E-state index contributed by atoms with van der Waals surface area (Å²) in [7, 11) is 0. The molecule has 4 nitrogen and oxygen atoms in total. The maximum Gasteiger partial charge on any atom is 0.220 e. The first kappa shape index (κ1) is 14.9. The summed E-state index contributed by atoms with van der Waals surface area (Å²) in [5.74, 6) is 1.66. The number of hydrogen-bond donors (Lipinski definition) is 2. The highest BCUT2D eigenvalue weighted by Crippen LogP contribution is 2.13. The number of ether oxygens (including phenoxy) is 1. The fourth-order valence-corrected chi connectivity index (χ4v) is 2.07. The van der Waals surface area contributed by atoms with Crippen LogP contribution in [0, 0.1) is 5.92 Å². The third kappa shape index (κ3) is 4.85. The summed E-state index contributed by atoms with van der Waals surface area (Å²) in [6, 6.07) is 8.02. The number of rotatable bonds is 8. The Labute approximate surface area is 120 Å². The van der Waals surface area contributed by atoms with Gasteiger partial charge in [0.2, 0.25) is 5.91 Å². The van der Waals surface area contributed by atoms with Crippen molar-refractivity contribution < 1.29 is 9.53 Å². The van der Waals surface area contributed by atoms with E-state index in [9.17, 15) is 4.79 Å². The summed E-state index contributed by atoms with van der Waals surface area (Å²) in [4.78, 5) is 11.7. The van der Waals surface area contributed by atoms with Crippen LogP contribution in [0.3, 0.4) is 0 Å². The summed E-state index contributed by atoms with van der Waals surface area (Å²) >= 11 is 0. The molecule has 1 aromatic rings. The fourth-order valence-electron chi connectivity index (χ4n) is 2.07. The molecule has 1 saturated heterocycles. The van der Waals surface area contributed by atoms with Gasteiger partial charge in [0.1, 0.15) is 5.75 Å². The van der Waals surface area contributed by atoms with Crippen LogP contribution in [-0.2, 0) is 11.2 Å². The minimum Gasteiger partial charge on any atom is -0.494 e. The Kier molecular flexibility index (Phi) is 5.87. The number of benzene rings is 1. The SMILES string of the molecule is CCCOc1ccc(CCC(=O)NCC2CNC2)cc1. The van der Waals surface area contributed by atoms with E-state index in [0.717, 1.165) is 44.8 Å². The Balaban J connectivity index is 1.65. The standard InChI is InChI=1S/C16H24N2O2/c1-2-9-20-15-6-3-13(4-7-15)5-8-16(19)18-12-14-10-17-11-14/h3-4,6-7,14,17H,2,5,8-12H2,1H3,(H,18,19). The minimum atomic E-state index is 0.142. The fraction of sp³-hybridized carbons (Fsp3) is 0.562. The van der Waals surface area contributed by atoms with Crippen LogP contribution in [0.15, 0.2) is 24.3 Å². The second kappa shape index (κ2) is 7.90. The van der Waals surface area contributed by atoms with Gasteiger partial charge in [0.15, 0.2) is 0 Å². The van der Waals surface area contributed by atoms with Crippen molar-refractivity contribution >= 4 is 5.91 Å². The van der Waals surface area contributed by atoms with Crippen molar-refractivity contribution in [2.75, 3.05) is 26.2 Å². The molecule has 4 heteroatoms. The van der Waals surface area contributed by atoms with Crippen molar-refractivity contribution in [3.8, 4) is 5.75 Å². The maximum atomic E-state index is 11.7. The molecular weight excluding hydrogens is 252 g/mol. The molecular formula is C16H24N2O2. The third-order valence-electron chi connectivity index (χ3n) is 3.49. The number of hydrogen-bond acceptors (Lipinski definition) is 3. The van der Waals surface area contributed by atoms with Crippen LogP contribution in [0.25, 0.3) is 0 Å². The van der Waals surface area contributed by atoms with Gasteiger partial charge in [-0.05, 0) is 30.5 Å². The molecule has 0 saturated carbocycles. The molecule has 0 atom stereocenters. The molecule has 2 N–H and O–H groups in total. The van der Waals surface area contributed by atoms with Gasteiger partial charge in [-0.25, -0.2) is 0 Å². The van der Waals surface area contributed by atoms with Gasteiger partial charge in [-0.15, -0.1) is 0 Å². The highest BCUT2D eigenvalue weighted by atomic mass is 16.5. The van der Waals surface area contributed by atoms with E-state index in [1.165, 1.54) is 5.56 Å². The summed E-state index contributed by atoms with van der Waals surface area (Å²) < 4.78 is 5.53. The Morgan fingerprint density at radius 3 is 2.70 bits per heavy atom. The Morgan fingerprint density at radius 2 is 2.10 bits per heavy atom. The van der Waals surface area contributed by atoms with Crippen molar-refractivity contribution in [2.24, 2.45) is 5.92 Å². The van der Waals surface area contributed by atoms with Crippen LogP contribution in [0.1, 0.15) is 25.3 Å². The minimum absolute atomic E-state index is 0.142. The van der Waals surface area contributed by atoms with Crippen LogP contribution in [-0.4, -0.2) is 32.1 Å². The van der Waals surface area contributed by atoms with Crippen LogP contribution < -0.4 is 15.4 Å². The normalized spacial score (nSPS) is 14.7. The Bertz CT molecular complexity index is 413. The molecule has 0 bridgehead atoms. The second-order valence-electron chi connectivity index (χ2n) is 5.32. The summed E-state index contributed by atoms with van der Waals surface area (Å²) in [6.07, 6.45) is 2.34. The number of carbonyl (C=O) groups excluding carboxylic acids is 1. The Morgan fingerprint density at radius 1 is 1.35 bits per heavy atom. The average molecular weight is 276 g/mol. The van der Waals surface area contributed by atoms with Gasteiger partial charge in [-0.2, -0.15) is 0 Å². The number of nitrogens with one attached hydrogen (secondary N) is 2. The number of aryl methyl sites for hydroxylation is 1. The molecule has 1 aliphatic heterocycles. The monoisotopic (exact) mass is 276 g/mol. The van der Waals surface area contributed by atoms with Crippen LogP contribution >= 0.6 is 0 Å². The predicted molar refractivity (Wildman–Crippen MR) is 79.9 cm³/mol. The molecule has 1 aromatic carbocycles. The van der Waals surface area contributed by atoms with Crippen molar-refractivity contribution in [1.29, 1.82) is 0 Å². The molecule has 0 radical (unpaired) electrons. The largest absolute Gasteiger partial charge is 0.494 e. The van der Waals surface area contributed by atoms with Gasteiger partial charge in [-0.3, -0.25) is 4.79 Å². The topological polar surface area (TPSA) is 50.4 Å². The summed E-state index contributed by atoms with van der Waals surface area (Å²) in [5, 5.41) is 6.19. The molecule has 1 aliphatic rings. The lowest BCUT2D eigenvalue weighted by atomic mass is 10.0. The lowest BCUT2D eigenvalue weighted by Gasteiger charge is -2.27. The smallest absolute Gasteiger partial charge is 0.220 e. The number of amides is 1. The first-order chi connectivity index (χ1) is 9.78. The quantitative estimate of drug-likeness (QED) is 0.760. The van der Waals surface area contributed by atoms with Crippen molar-refractivity contribution in [2.45, 2.75) is 26.2 Å². The van der Waals surface area contributed by atoms with E-state index in [2.05, 4.69) is 17.6 Å². The maximum absolute atomic E-state index is 11.7. The van der Waals surface area contributed by atoms with Crippen molar-refractivity contribution in [1.82, 2.24) is 10.6 Å². The first-order valence-corrected chi connectivity index (χ1v) is 7.47. The van der Waals surface area contributed by atoms with E-state index in [1.807, 2.05) is 24.3 Å². The van der Waals surface area contributed by atoms with Crippen molar-refractivity contribution in [3.63, 3.8) is 0 Å². The van der Waals surface area contributed by atoms with Gasteiger partial charge >= 0.3 is 0 Å². The van der Waals surface area contributed by atoms with Crippen LogP contribution in [0.2, 0.25) is 0 Å². The molecule has 1 fully saturated rings. The molecule has 2 rings (SSSR count). The molecule has 0 aliphatic carbocycles. The van der Waals surface area contributed by atoms with Crippen molar-refractivity contribution in [3.05, 3.63) is 29.8 Å². The van der Waals surface area contributed by atoms with Gasteiger partial charge in [0.05, 0.1) is 6.61 Å². The van der Waals surface area contributed by atoms with E-state index in [4.69, 9.17) is 4.74 Å². The summed E-state index contributed by atoms with van der Waals surface area (Å²) in [6.45, 7) is 5.69. The lowest BCUT2D eigenvalue weighted by molar-refractivity contribution is -0.121. The first-order valence-electron chi connectivity index (χ1n) is 7.47.